The lowest BCUT2D eigenvalue weighted by Gasteiger charge is -2.19. The Balaban J connectivity index is 1.96. The number of nitrogens with zero attached hydrogens (tertiary/aromatic N) is 2. The van der Waals surface area contributed by atoms with Gasteiger partial charge in [-0.3, -0.25) is 14.0 Å². The Bertz CT molecular complexity index is 1040. The summed E-state index contributed by atoms with van der Waals surface area (Å²) >= 11 is 0. The predicted octanol–water partition coefficient (Wildman–Crippen LogP) is 3.86. The molecule has 26 heavy (non-hydrogen) atoms. The zero-order chi connectivity index (χ0) is 19.1. The van der Waals surface area contributed by atoms with Crippen LogP contribution in [0.1, 0.15) is 48.0 Å². The highest BCUT2D eigenvalue weighted by atomic mass is 16.2. The molecular weight excluding hydrogens is 326 g/mol. The maximum atomic E-state index is 12.8. The van der Waals surface area contributed by atoms with Gasteiger partial charge in [-0.2, -0.15) is 0 Å². The number of aryl methyl sites for hydroxylation is 2. The summed E-state index contributed by atoms with van der Waals surface area (Å²) < 4.78 is 1.46. The predicted molar refractivity (Wildman–Crippen MR) is 104 cm³/mol. The second kappa shape index (κ2) is 6.41. The van der Waals surface area contributed by atoms with Crippen LogP contribution in [-0.4, -0.2) is 15.3 Å². The summed E-state index contributed by atoms with van der Waals surface area (Å²) in [5, 5.41) is 2.73. The molecule has 1 amide bonds. The van der Waals surface area contributed by atoms with Crippen molar-refractivity contribution in [2.24, 2.45) is 0 Å². The van der Waals surface area contributed by atoms with Crippen molar-refractivity contribution >= 4 is 17.2 Å². The molecule has 0 aliphatic rings. The van der Waals surface area contributed by atoms with Gasteiger partial charge < -0.3 is 5.32 Å². The topological polar surface area (TPSA) is 63.5 Å². The molecule has 0 saturated carbocycles. The molecule has 5 heteroatoms. The monoisotopic (exact) mass is 349 g/mol. The molecule has 0 atom stereocenters. The van der Waals surface area contributed by atoms with Crippen molar-refractivity contribution in [3.05, 3.63) is 75.3 Å². The Morgan fingerprint density at radius 2 is 1.73 bits per heavy atom. The van der Waals surface area contributed by atoms with Crippen LogP contribution in [0, 0.1) is 13.8 Å². The van der Waals surface area contributed by atoms with Crippen molar-refractivity contribution in [2.75, 3.05) is 5.32 Å². The maximum absolute atomic E-state index is 12.8. The molecule has 0 unspecified atom stereocenters. The van der Waals surface area contributed by atoms with E-state index in [1.165, 1.54) is 4.40 Å². The van der Waals surface area contributed by atoms with E-state index in [-0.39, 0.29) is 22.6 Å². The molecule has 0 fully saturated rings. The van der Waals surface area contributed by atoms with Crippen LogP contribution < -0.4 is 10.9 Å². The van der Waals surface area contributed by atoms with Crippen LogP contribution >= 0.6 is 0 Å². The average molecular weight is 349 g/mol. The molecule has 1 aromatic carbocycles. The van der Waals surface area contributed by atoms with E-state index >= 15 is 0 Å². The number of carbonyl (C=O) groups is 1. The van der Waals surface area contributed by atoms with Crippen LogP contribution in [0.4, 0.5) is 5.69 Å². The number of pyridine rings is 1. The minimum absolute atomic E-state index is 0.0184. The van der Waals surface area contributed by atoms with Gasteiger partial charge in [0.25, 0.3) is 11.5 Å². The van der Waals surface area contributed by atoms with Gasteiger partial charge in [-0.1, -0.05) is 39.0 Å². The Morgan fingerprint density at radius 3 is 2.35 bits per heavy atom. The first-order valence-corrected chi connectivity index (χ1v) is 8.59. The third kappa shape index (κ3) is 3.25. The second-order valence-electron chi connectivity index (χ2n) is 7.54. The van der Waals surface area contributed by atoms with Crippen LogP contribution in [0.25, 0.3) is 5.65 Å². The fourth-order valence-corrected chi connectivity index (χ4v) is 2.86. The lowest BCUT2D eigenvalue weighted by Crippen LogP contribution is -2.25. The zero-order valence-electron chi connectivity index (χ0n) is 15.8. The van der Waals surface area contributed by atoms with Gasteiger partial charge in [0, 0.05) is 11.8 Å². The largest absolute Gasteiger partial charge is 0.316 e. The van der Waals surface area contributed by atoms with E-state index in [9.17, 15) is 9.59 Å². The molecule has 1 N–H and O–H groups in total. The fraction of sp³-hybridized carbons (Fsp3) is 0.286. The van der Waals surface area contributed by atoms with Gasteiger partial charge in [-0.25, -0.2) is 4.98 Å². The number of nitrogens with one attached hydrogen (secondary N) is 1. The van der Waals surface area contributed by atoms with E-state index < -0.39 is 0 Å². The molecule has 0 bridgehead atoms. The molecule has 3 rings (SSSR count). The number of benzene rings is 1. The van der Waals surface area contributed by atoms with Crippen LogP contribution in [0.2, 0.25) is 0 Å². The summed E-state index contributed by atoms with van der Waals surface area (Å²) in [5.74, 6) is -0.319. The maximum Gasteiger partial charge on any atom is 0.281 e. The van der Waals surface area contributed by atoms with Crippen molar-refractivity contribution in [3.8, 4) is 0 Å². The molecule has 134 valence electrons. The smallest absolute Gasteiger partial charge is 0.281 e. The lowest BCUT2D eigenvalue weighted by atomic mass is 9.87. The Hall–Kier alpha value is -2.95. The number of amides is 1. The van der Waals surface area contributed by atoms with Gasteiger partial charge in [0.2, 0.25) is 0 Å². The number of rotatable bonds is 2. The van der Waals surface area contributed by atoms with E-state index in [0.717, 1.165) is 11.1 Å². The van der Waals surface area contributed by atoms with Crippen LogP contribution in [0.15, 0.2) is 47.4 Å². The van der Waals surface area contributed by atoms with Gasteiger partial charge in [-0.15, -0.1) is 0 Å². The van der Waals surface area contributed by atoms with Gasteiger partial charge in [0.15, 0.2) is 0 Å². The van der Waals surface area contributed by atoms with Crippen LogP contribution in [0.5, 0.6) is 0 Å². The number of aromatic nitrogens is 2. The normalized spacial score (nSPS) is 11.6. The van der Waals surface area contributed by atoms with Crippen molar-refractivity contribution in [1.29, 1.82) is 0 Å². The zero-order valence-corrected chi connectivity index (χ0v) is 15.8. The summed E-state index contributed by atoms with van der Waals surface area (Å²) in [6, 6.07) is 11.1. The highest BCUT2D eigenvalue weighted by molar-refractivity contribution is 6.04. The molecule has 3 aromatic rings. The van der Waals surface area contributed by atoms with Crippen molar-refractivity contribution < 1.29 is 4.79 Å². The molecule has 0 radical (unpaired) electrons. The summed E-state index contributed by atoms with van der Waals surface area (Å²) in [7, 11) is 0. The second-order valence-corrected chi connectivity index (χ2v) is 7.54. The van der Waals surface area contributed by atoms with Gasteiger partial charge >= 0.3 is 0 Å². The summed E-state index contributed by atoms with van der Waals surface area (Å²) in [6.45, 7) is 9.99. The van der Waals surface area contributed by atoms with Crippen LogP contribution in [-0.2, 0) is 5.41 Å². The first-order chi connectivity index (χ1) is 12.2. The highest BCUT2D eigenvalue weighted by Crippen LogP contribution is 2.22. The van der Waals surface area contributed by atoms with Crippen molar-refractivity contribution in [1.82, 2.24) is 9.38 Å². The van der Waals surface area contributed by atoms with Gasteiger partial charge in [0.1, 0.15) is 11.3 Å². The summed E-state index contributed by atoms with van der Waals surface area (Å²) in [5.41, 5.74) is 3.60. The Morgan fingerprint density at radius 1 is 1.08 bits per heavy atom. The van der Waals surface area contributed by atoms with Gasteiger partial charge in [0.05, 0.1) is 5.69 Å². The molecule has 5 nitrogen and oxygen atoms in total. The minimum Gasteiger partial charge on any atom is -0.316 e. The lowest BCUT2D eigenvalue weighted by molar-refractivity contribution is 0.102. The SMILES string of the molecule is Cc1nc2c(C)cccn2c(=O)c1NC(=O)c1ccc(C(C)(C)C)cc1. The van der Waals surface area contributed by atoms with Gasteiger partial charge in [-0.05, 0) is 48.6 Å². The number of carbonyl (C=O) groups excluding carboxylic acids is 1. The van der Waals surface area contributed by atoms with E-state index in [0.29, 0.717) is 16.9 Å². The van der Waals surface area contributed by atoms with E-state index in [4.69, 9.17) is 0 Å². The number of fused-ring (bicyclic) bond motifs is 1. The number of anilines is 1. The molecule has 0 aliphatic heterocycles. The molecule has 0 spiro atoms. The third-order valence-electron chi connectivity index (χ3n) is 4.48. The van der Waals surface area contributed by atoms with E-state index in [1.54, 1.807) is 31.3 Å². The highest BCUT2D eigenvalue weighted by Gasteiger charge is 2.17. The Labute approximate surface area is 152 Å². The third-order valence-corrected chi connectivity index (χ3v) is 4.48. The molecule has 2 heterocycles. The standard InChI is InChI=1S/C21H23N3O2/c1-13-7-6-12-24-18(13)22-14(2)17(20(24)26)23-19(25)15-8-10-16(11-9-15)21(3,4)5/h6-12H,1-5H3,(H,23,25). The average Bonchev–Trinajstić information content (AvgIpc) is 2.59. The molecule has 0 aliphatic carbocycles. The van der Waals surface area contributed by atoms with Crippen molar-refractivity contribution in [2.45, 2.75) is 40.0 Å². The minimum atomic E-state index is -0.319. The Kier molecular flexibility index (Phi) is 4.40. The first kappa shape index (κ1) is 17.9. The van der Waals surface area contributed by atoms with Crippen molar-refractivity contribution in [3.63, 3.8) is 0 Å². The summed E-state index contributed by atoms with van der Waals surface area (Å²) in [4.78, 5) is 29.8. The number of hydrogen-bond acceptors (Lipinski definition) is 3. The summed E-state index contributed by atoms with van der Waals surface area (Å²) in [6.07, 6.45) is 1.66. The first-order valence-electron chi connectivity index (χ1n) is 8.59. The quantitative estimate of drug-likeness (QED) is 0.764. The molecule has 2 aromatic heterocycles. The number of hydrogen-bond donors (Lipinski definition) is 1. The van der Waals surface area contributed by atoms with E-state index in [2.05, 4.69) is 31.1 Å². The molecular formula is C21H23N3O2. The molecule has 0 saturated heterocycles. The van der Waals surface area contributed by atoms with Crippen LogP contribution in [0.3, 0.4) is 0 Å². The fourth-order valence-electron chi connectivity index (χ4n) is 2.86. The van der Waals surface area contributed by atoms with E-state index in [1.807, 2.05) is 25.1 Å².